The number of pyridine rings is 1. The van der Waals surface area contributed by atoms with Gasteiger partial charge in [0.25, 0.3) is 0 Å². The predicted octanol–water partition coefficient (Wildman–Crippen LogP) is 3.88. The van der Waals surface area contributed by atoms with Crippen molar-refractivity contribution in [3.8, 4) is 0 Å². The molecule has 0 spiro atoms. The van der Waals surface area contributed by atoms with Gasteiger partial charge in [0.05, 0.1) is 9.50 Å². The third kappa shape index (κ3) is 2.88. The predicted molar refractivity (Wildman–Crippen MR) is 74.0 cm³/mol. The standard InChI is InChI=1S/C13H11BrClFN2/c14-13-9(2-1-3-11(13)16)12(17)6-8-4-5-18-7-10(8)15/h1-5,7,12H,6,17H2. The molecule has 5 heteroatoms. The van der Waals surface area contributed by atoms with Crippen LogP contribution in [-0.2, 0) is 6.42 Å². The first-order chi connectivity index (χ1) is 8.59. The Bertz CT molecular complexity index is 562. The van der Waals surface area contributed by atoms with Gasteiger partial charge in [0.1, 0.15) is 5.82 Å². The normalized spacial score (nSPS) is 12.4. The molecule has 0 radical (unpaired) electrons. The van der Waals surface area contributed by atoms with Crippen molar-refractivity contribution in [2.45, 2.75) is 12.5 Å². The molecule has 2 aromatic rings. The molecule has 2 nitrogen and oxygen atoms in total. The molecule has 0 bridgehead atoms. The second kappa shape index (κ2) is 5.78. The van der Waals surface area contributed by atoms with Gasteiger partial charge in [-0.25, -0.2) is 4.39 Å². The van der Waals surface area contributed by atoms with Crippen molar-refractivity contribution in [1.29, 1.82) is 0 Å². The molecule has 0 saturated heterocycles. The lowest BCUT2D eigenvalue weighted by Gasteiger charge is -2.15. The summed E-state index contributed by atoms with van der Waals surface area (Å²) >= 11 is 9.24. The number of aromatic nitrogens is 1. The molecular weight excluding hydrogens is 319 g/mol. The highest BCUT2D eigenvalue weighted by Crippen LogP contribution is 2.28. The van der Waals surface area contributed by atoms with Crippen molar-refractivity contribution in [3.63, 3.8) is 0 Å². The summed E-state index contributed by atoms with van der Waals surface area (Å²) in [4.78, 5) is 3.91. The molecule has 2 rings (SSSR count). The molecule has 1 atom stereocenters. The molecule has 18 heavy (non-hydrogen) atoms. The SMILES string of the molecule is NC(Cc1ccncc1Cl)c1cccc(F)c1Br. The molecule has 1 aromatic heterocycles. The van der Waals surface area contributed by atoms with Crippen LogP contribution in [0.4, 0.5) is 4.39 Å². The molecule has 0 aliphatic rings. The van der Waals surface area contributed by atoms with Gasteiger partial charge >= 0.3 is 0 Å². The highest BCUT2D eigenvalue weighted by Gasteiger charge is 2.14. The van der Waals surface area contributed by atoms with Gasteiger partial charge in [-0.15, -0.1) is 0 Å². The Morgan fingerprint density at radius 1 is 1.39 bits per heavy atom. The van der Waals surface area contributed by atoms with Gasteiger partial charge in [0, 0.05) is 18.4 Å². The fraction of sp³-hybridized carbons (Fsp3) is 0.154. The summed E-state index contributed by atoms with van der Waals surface area (Å²) in [6, 6.07) is 6.32. The molecule has 0 aliphatic heterocycles. The average molecular weight is 330 g/mol. The molecular formula is C13H11BrClFN2. The monoisotopic (exact) mass is 328 g/mol. The van der Waals surface area contributed by atoms with E-state index in [9.17, 15) is 4.39 Å². The van der Waals surface area contributed by atoms with Crippen LogP contribution in [-0.4, -0.2) is 4.98 Å². The Morgan fingerprint density at radius 3 is 2.89 bits per heavy atom. The minimum Gasteiger partial charge on any atom is -0.324 e. The van der Waals surface area contributed by atoms with Crippen LogP contribution < -0.4 is 5.73 Å². The molecule has 0 fully saturated rings. The zero-order chi connectivity index (χ0) is 13.1. The summed E-state index contributed by atoms with van der Waals surface area (Å²) in [6.07, 6.45) is 3.77. The van der Waals surface area contributed by atoms with Gasteiger partial charge in [0.15, 0.2) is 0 Å². The molecule has 1 heterocycles. The Kier molecular flexibility index (Phi) is 4.32. The number of rotatable bonds is 3. The fourth-order valence-electron chi connectivity index (χ4n) is 1.72. The van der Waals surface area contributed by atoms with Gasteiger partial charge in [-0.1, -0.05) is 23.7 Å². The maximum atomic E-state index is 13.4. The zero-order valence-corrected chi connectivity index (χ0v) is 11.7. The van der Waals surface area contributed by atoms with E-state index in [0.717, 1.165) is 11.1 Å². The molecule has 0 amide bonds. The summed E-state index contributed by atoms with van der Waals surface area (Å²) in [5.41, 5.74) is 7.71. The van der Waals surface area contributed by atoms with Crippen LogP contribution in [0.1, 0.15) is 17.2 Å². The van der Waals surface area contributed by atoms with Crippen LogP contribution in [0.5, 0.6) is 0 Å². The van der Waals surface area contributed by atoms with Crippen molar-refractivity contribution >= 4 is 27.5 Å². The van der Waals surface area contributed by atoms with Crippen LogP contribution >= 0.6 is 27.5 Å². The number of hydrogen-bond acceptors (Lipinski definition) is 2. The lowest BCUT2D eigenvalue weighted by molar-refractivity contribution is 0.610. The first-order valence-electron chi connectivity index (χ1n) is 5.37. The Balaban J connectivity index is 2.25. The van der Waals surface area contributed by atoms with Crippen LogP contribution in [0.15, 0.2) is 41.1 Å². The van der Waals surface area contributed by atoms with Crippen molar-refractivity contribution in [3.05, 3.63) is 63.1 Å². The third-order valence-corrected chi connectivity index (χ3v) is 3.85. The number of halogens is 3. The van der Waals surface area contributed by atoms with E-state index in [0.29, 0.717) is 15.9 Å². The second-order valence-corrected chi connectivity index (χ2v) is 5.12. The Hall–Kier alpha value is -0.970. The van der Waals surface area contributed by atoms with Gasteiger partial charge in [-0.2, -0.15) is 0 Å². The summed E-state index contributed by atoms with van der Waals surface area (Å²) in [5.74, 6) is -0.316. The van der Waals surface area contributed by atoms with E-state index >= 15 is 0 Å². The number of nitrogens with two attached hydrogens (primary N) is 1. The fourth-order valence-corrected chi connectivity index (χ4v) is 2.48. The average Bonchev–Trinajstić information content (AvgIpc) is 2.35. The molecule has 1 unspecified atom stereocenters. The second-order valence-electron chi connectivity index (χ2n) is 3.92. The van der Waals surface area contributed by atoms with E-state index < -0.39 is 0 Å². The van der Waals surface area contributed by atoms with E-state index in [2.05, 4.69) is 20.9 Å². The molecule has 2 N–H and O–H groups in total. The van der Waals surface area contributed by atoms with E-state index in [1.165, 1.54) is 6.07 Å². The van der Waals surface area contributed by atoms with Crippen molar-refractivity contribution < 1.29 is 4.39 Å². The lowest BCUT2D eigenvalue weighted by atomic mass is 10.0. The van der Waals surface area contributed by atoms with Gasteiger partial charge in [-0.3, -0.25) is 4.98 Å². The van der Waals surface area contributed by atoms with Gasteiger partial charge < -0.3 is 5.73 Å². The highest BCUT2D eigenvalue weighted by molar-refractivity contribution is 9.10. The number of nitrogens with zero attached hydrogens (tertiary/aromatic N) is 1. The summed E-state index contributed by atoms with van der Waals surface area (Å²) in [6.45, 7) is 0. The first kappa shape index (κ1) is 13.5. The third-order valence-electron chi connectivity index (χ3n) is 2.68. The molecule has 1 aromatic carbocycles. The van der Waals surface area contributed by atoms with E-state index in [-0.39, 0.29) is 11.9 Å². The largest absolute Gasteiger partial charge is 0.324 e. The zero-order valence-electron chi connectivity index (χ0n) is 9.41. The van der Waals surface area contributed by atoms with Crippen molar-refractivity contribution in [2.75, 3.05) is 0 Å². The summed E-state index contributed by atoms with van der Waals surface area (Å²) in [5, 5.41) is 0.570. The highest BCUT2D eigenvalue weighted by atomic mass is 79.9. The lowest BCUT2D eigenvalue weighted by Crippen LogP contribution is -2.14. The number of benzene rings is 1. The minimum atomic E-state index is -0.324. The Labute approximate surface area is 118 Å². The maximum absolute atomic E-state index is 13.4. The van der Waals surface area contributed by atoms with Crippen LogP contribution in [0.2, 0.25) is 5.02 Å². The van der Waals surface area contributed by atoms with E-state index in [1.807, 2.05) is 6.07 Å². The van der Waals surface area contributed by atoms with E-state index in [1.54, 1.807) is 24.5 Å². The molecule has 0 saturated carbocycles. The number of hydrogen-bond donors (Lipinski definition) is 1. The van der Waals surface area contributed by atoms with Gasteiger partial charge in [0.2, 0.25) is 0 Å². The van der Waals surface area contributed by atoms with Crippen LogP contribution in [0.25, 0.3) is 0 Å². The first-order valence-corrected chi connectivity index (χ1v) is 6.54. The van der Waals surface area contributed by atoms with Crippen molar-refractivity contribution in [2.24, 2.45) is 5.73 Å². The van der Waals surface area contributed by atoms with Gasteiger partial charge in [-0.05, 0) is 45.6 Å². The summed E-state index contributed by atoms with van der Waals surface area (Å²) < 4.78 is 13.8. The smallest absolute Gasteiger partial charge is 0.137 e. The Morgan fingerprint density at radius 2 is 2.17 bits per heavy atom. The van der Waals surface area contributed by atoms with Crippen LogP contribution in [0, 0.1) is 5.82 Å². The topological polar surface area (TPSA) is 38.9 Å². The molecule has 0 aliphatic carbocycles. The van der Waals surface area contributed by atoms with E-state index in [4.69, 9.17) is 17.3 Å². The van der Waals surface area contributed by atoms with Crippen LogP contribution in [0.3, 0.4) is 0 Å². The van der Waals surface area contributed by atoms with Crippen molar-refractivity contribution in [1.82, 2.24) is 4.98 Å². The summed E-state index contributed by atoms with van der Waals surface area (Å²) in [7, 11) is 0. The minimum absolute atomic E-state index is 0.316. The maximum Gasteiger partial charge on any atom is 0.137 e. The molecule has 94 valence electrons. The quantitative estimate of drug-likeness (QED) is 0.928.